The summed E-state index contributed by atoms with van der Waals surface area (Å²) in [6.45, 7) is 0. The Balaban J connectivity index is 2.29. The highest BCUT2D eigenvalue weighted by molar-refractivity contribution is 7.17. The van der Waals surface area contributed by atoms with Crippen molar-refractivity contribution in [1.29, 1.82) is 0 Å². The maximum Gasteiger partial charge on any atom is 0.348 e. The zero-order chi connectivity index (χ0) is 13.1. The maximum atomic E-state index is 11.3. The number of carbonyl (C=O) groups is 2. The molecule has 2 rings (SSSR count). The topological polar surface area (TPSA) is 63.6 Å². The van der Waals surface area contributed by atoms with E-state index < -0.39 is 5.97 Å². The molecule has 2 aromatic rings. The molecule has 0 amide bonds. The molecule has 92 valence electrons. The van der Waals surface area contributed by atoms with Crippen molar-refractivity contribution < 1.29 is 19.4 Å². The molecule has 0 radical (unpaired) electrons. The molecule has 0 unspecified atom stereocenters. The van der Waals surface area contributed by atoms with Gasteiger partial charge in [-0.2, -0.15) is 0 Å². The number of carbonyl (C=O) groups excluding carboxylic acids is 1. The highest BCUT2D eigenvalue weighted by Gasteiger charge is 2.10. The lowest BCUT2D eigenvalue weighted by atomic mass is 10.1. The molecule has 0 saturated heterocycles. The number of ether oxygens (including phenoxy) is 1. The Bertz CT molecular complexity index is 583. The molecular formula is C13H10O4S. The minimum Gasteiger partial charge on any atom is -0.478 e. The minimum absolute atomic E-state index is 0.239. The van der Waals surface area contributed by atoms with Crippen LogP contribution in [0.1, 0.15) is 20.0 Å². The fourth-order valence-corrected chi connectivity index (χ4v) is 2.41. The van der Waals surface area contributed by atoms with E-state index in [-0.39, 0.29) is 11.5 Å². The SMILES string of the molecule is COC(=O)c1ccc(-c2ccc(C(=O)O)cc2)s1. The first-order valence-electron chi connectivity index (χ1n) is 5.13. The molecule has 0 atom stereocenters. The van der Waals surface area contributed by atoms with Gasteiger partial charge in [0, 0.05) is 4.88 Å². The Morgan fingerprint density at radius 2 is 1.78 bits per heavy atom. The normalized spacial score (nSPS) is 10.1. The molecule has 5 heteroatoms. The zero-order valence-electron chi connectivity index (χ0n) is 9.54. The molecule has 1 aromatic carbocycles. The van der Waals surface area contributed by atoms with Crippen molar-refractivity contribution in [2.75, 3.05) is 7.11 Å². The van der Waals surface area contributed by atoms with Gasteiger partial charge in [0.2, 0.25) is 0 Å². The fourth-order valence-electron chi connectivity index (χ4n) is 1.48. The van der Waals surface area contributed by atoms with Gasteiger partial charge in [0.1, 0.15) is 4.88 Å². The third-order valence-corrected chi connectivity index (χ3v) is 3.52. The molecule has 0 aliphatic rings. The number of carboxylic acid groups (broad SMARTS) is 1. The number of thiophene rings is 1. The summed E-state index contributed by atoms with van der Waals surface area (Å²) in [6.07, 6.45) is 0. The Kier molecular flexibility index (Phi) is 3.43. The molecule has 4 nitrogen and oxygen atoms in total. The highest BCUT2D eigenvalue weighted by Crippen LogP contribution is 2.28. The van der Waals surface area contributed by atoms with Crippen LogP contribution in [0.4, 0.5) is 0 Å². The fraction of sp³-hybridized carbons (Fsp3) is 0.0769. The van der Waals surface area contributed by atoms with E-state index in [9.17, 15) is 9.59 Å². The summed E-state index contributed by atoms with van der Waals surface area (Å²) in [6, 6.07) is 10.0. The standard InChI is InChI=1S/C13H10O4S/c1-17-13(16)11-7-6-10(18-11)8-2-4-9(5-3-8)12(14)15/h2-7H,1H3,(H,14,15). The quantitative estimate of drug-likeness (QED) is 0.864. The summed E-state index contributed by atoms with van der Waals surface area (Å²) in [5.41, 5.74) is 1.11. The van der Waals surface area contributed by atoms with Crippen molar-refractivity contribution >= 4 is 23.3 Å². The first-order valence-corrected chi connectivity index (χ1v) is 5.95. The third kappa shape index (κ3) is 2.41. The molecule has 1 N–H and O–H groups in total. The second-order valence-electron chi connectivity index (χ2n) is 3.54. The Labute approximate surface area is 107 Å². The maximum absolute atomic E-state index is 11.3. The van der Waals surface area contributed by atoms with Gasteiger partial charge in [-0.3, -0.25) is 0 Å². The van der Waals surface area contributed by atoms with Crippen LogP contribution in [-0.2, 0) is 4.74 Å². The van der Waals surface area contributed by atoms with Crippen LogP contribution in [0.2, 0.25) is 0 Å². The van der Waals surface area contributed by atoms with Crippen LogP contribution in [0.3, 0.4) is 0 Å². The van der Waals surface area contributed by atoms with Crippen molar-refractivity contribution in [1.82, 2.24) is 0 Å². The first kappa shape index (κ1) is 12.3. The second-order valence-corrected chi connectivity index (χ2v) is 4.62. The van der Waals surface area contributed by atoms with E-state index in [0.717, 1.165) is 10.4 Å². The predicted octanol–water partition coefficient (Wildman–Crippen LogP) is 2.90. The van der Waals surface area contributed by atoms with Gasteiger partial charge < -0.3 is 9.84 Å². The number of hydrogen-bond donors (Lipinski definition) is 1. The van der Waals surface area contributed by atoms with Crippen LogP contribution in [0, 0.1) is 0 Å². The summed E-state index contributed by atoms with van der Waals surface area (Å²) in [5.74, 6) is -1.32. The Morgan fingerprint density at radius 1 is 1.11 bits per heavy atom. The van der Waals surface area contributed by atoms with Crippen LogP contribution in [0.5, 0.6) is 0 Å². The van der Waals surface area contributed by atoms with Crippen molar-refractivity contribution in [3.05, 3.63) is 46.8 Å². The lowest BCUT2D eigenvalue weighted by Gasteiger charge is -1.98. The van der Waals surface area contributed by atoms with Crippen LogP contribution in [0.25, 0.3) is 10.4 Å². The molecular weight excluding hydrogens is 252 g/mol. The minimum atomic E-state index is -0.956. The van der Waals surface area contributed by atoms with Gasteiger partial charge >= 0.3 is 11.9 Å². The van der Waals surface area contributed by atoms with Gasteiger partial charge in [-0.25, -0.2) is 9.59 Å². The smallest absolute Gasteiger partial charge is 0.348 e. The summed E-state index contributed by atoms with van der Waals surface area (Å²) in [5, 5.41) is 8.80. The average molecular weight is 262 g/mol. The molecule has 0 saturated carbocycles. The van der Waals surface area contributed by atoms with Gasteiger partial charge in [-0.15, -0.1) is 11.3 Å². The van der Waals surface area contributed by atoms with E-state index in [1.807, 2.05) is 6.07 Å². The van der Waals surface area contributed by atoms with E-state index in [1.54, 1.807) is 18.2 Å². The number of benzene rings is 1. The van der Waals surface area contributed by atoms with E-state index in [2.05, 4.69) is 4.74 Å². The summed E-state index contributed by atoms with van der Waals surface area (Å²) in [4.78, 5) is 23.5. The van der Waals surface area contributed by atoms with Crippen molar-refractivity contribution in [2.24, 2.45) is 0 Å². The first-order chi connectivity index (χ1) is 8.61. The number of methoxy groups -OCH3 is 1. The van der Waals surface area contributed by atoms with Crippen LogP contribution in [0.15, 0.2) is 36.4 Å². The predicted molar refractivity (Wildman–Crippen MR) is 68.1 cm³/mol. The second kappa shape index (κ2) is 5.01. The van der Waals surface area contributed by atoms with Crippen LogP contribution >= 0.6 is 11.3 Å². The average Bonchev–Trinajstić information content (AvgIpc) is 2.87. The van der Waals surface area contributed by atoms with Gasteiger partial charge in [-0.1, -0.05) is 12.1 Å². The lowest BCUT2D eigenvalue weighted by molar-refractivity contribution is 0.0605. The highest BCUT2D eigenvalue weighted by atomic mass is 32.1. The number of carboxylic acids is 1. The van der Waals surface area contributed by atoms with E-state index in [4.69, 9.17) is 5.11 Å². The summed E-state index contributed by atoms with van der Waals surface area (Å²) < 4.78 is 4.63. The number of aromatic carboxylic acids is 1. The van der Waals surface area contributed by atoms with E-state index in [0.29, 0.717) is 4.88 Å². The number of esters is 1. The molecule has 0 spiro atoms. The monoisotopic (exact) mass is 262 g/mol. The van der Waals surface area contributed by atoms with Crippen molar-refractivity contribution in [3.8, 4) is 10.4 Å². The Hall–Kier alpha value is -2.14. The summed E-state index contributed by atoms with van der Waals surface area (Å²) >= 11 is 1.31. The van der Waals surface area contributed by atoms with E-state index in [1.165, 1.54) is 30.6 Å². The van der Waals surface area contributed by atoms with Crippen molar-refractivity contribution in [3.63, 3.8) is 0 Å². The molecule has 0 fully saturated rings. The third-order valence-electron chi connectivity index (χ3n) is 2.41. The molecule has 0 aliphatic carbocycles. The van der Waals surface area contributed by atoms with Gasteiger partial charge in [0.15, 0.2) is 0 Å². The van der Waals surface area contributed by atoms with Crippen molar-refractivity contribution in [2.45, 2.75) is 0 Å². The van der Waals surface area contributed by atoms with Crippen LogP contribution in [-0.4, -0.2) is 24.2 Å². The van der Waals surface area contributed by atoms with Gasteiger partial charge in [0.05, 0.1) is 12.7 Å². The van der Waals surface area contributed by atoms with Gasteiger partial charge in [-0.05, 0) is 29.8 Å². The number of hydrogen-bond acceptors (Lipinski definition) is 4. The van der Waals surface area contributed by atoms with Crippen LogP contribution < -0.4 is 0 Å². The van der Waals surface area contributed by atoms with Gasteiger partial charge in [0.25, 0.3) is 0 Å². The van der Waals surface area contributed by atoms with E-state index >= 15 is 0 Å². The molecule has 0 bridgehead atoms. The molecule has 1 heterocycles. The number of rotatable bonds is 3. The molecule has 1 aromatic heterocycles. The zero-order valence-corrected chi connectivity index (χ0v) is 10.4. The largest absolute Gasteiger partial charge is 0.478 e. The summed E-state index contributed by atoms with van der Waals surface area (Å²) in [7, 11) is 1.34. The molecule has 0 aliphatic heterocycles. The Morgan fingerprint density at radius 3 is 2.33 bits per heavy atom. The molecule has 18 heavy (non-hydrogen) atoms. The lowest BCUT2D eigenvalue weighted by Crippen LogP contribution is -1.96.